The molecule has 142 valence electrons. The number of aliphatic carboxylic acids is 2. The molecule has 0 aliphatic carbocycles. The van der Waals surface area contributed by atoms with E-state index >= 15 is 0 Å². The molecule has 7 nitrogen and oxygen atoms in total. The third-order valence-corrected chi connectivity index (χ3v) is 3.03. The van der Waals surface area contributed by atoms with E-state index in [0.29, 0.717) is 25.2 Å². The van der Waals surface area contributed by atoms with Gasteiger partial charge in [-0.1, -0.05) is 39.8 Å². The molecular formula is C18H29NO6. The Morgan fingerprint density at radius 1 is 0.960 bits per heavy atom. The summed E-state index contributed by atoms with van der Waals surface area (Å²) in [5.74, 6) is -2.18. The SMILES string of the molecule is CC(C)NCCOCCOc1ccc(C(C)C)cc1.O=C(O)C(=O)O. The minimum absolute atomic E-state index is 0.513. The molecule has 0 atom stereocenters. The highest BCUT2D eigenvalue weighted by atomic mass is 16.5. The van der Waals surface area contributed by atoms with Crippen LogP contribution in [0, 0.1) is 0 Å². The summed E-state index contributed by atoms with van der Waals surface area (Å²) in [5.41, 5.74) is 1.34. The second-order valence-electron chi connectivity index (χ2n) is 5.90. The van der Waals surface area contributed by atoms with Crippen molar-refractivity contribution < 1.29 is 29.3 Å². The molecule has 1 rings (SSSR count). The highest BCUT2D eigenvalue weighted by molar-refractivity contribution is 6.27. The fourth-order valence-corrected chi connectivity index (χ4v) is 1.69. The van der Waals surface area contributed by atoms with Gasteiger partial charge >= 0.3 is 11.9 Å². The summed E-state index contributed by atoms with van der Waals surface area (Å²) in [6, 6.07) is 8.80. The molecule has 0 aliphatic rings. The molecule has 7 heteroatoms. The van der Waals surface area contributed by atoms with Crippen LogP contribution in [0.15, 0.2) is 24.3 Å². The molecule has 0 saturated heterocycles. The minimum Gasteiger partial charge on any atom is -0.491 e. The Morgan fingerprint density at radius 2 is 1.52 bits per heavy atom. The van der Waals surface area contributed by atoms with Gasteiger partial charge in [0.1, 0.15) is 12.4 Å². The van der Waals surface area contributed by atoms with Gasteiger partial charge in [-0.15, -0.1) is 0 Å². The topological polar surface area (TPSA) is 105 Å². The first-order valence-electron chi connectivity index (χ1n) is 8.24. The van der Waals surface area contributed by atoms with Gasteiger partial charge in [-0.25, -0.2) is 9.59 Å². The van der Waals surface area contributed by atoms with Crippen LogP contribution in [0.4, 0.5) is 0 Å². The van der Waals surface area contributed by atoms with Crippen LogP contribution >= 0.6 is 0 Å². The molecule has 0 saturated carbocycles. The number of ether oxygens (including phenoxy) is 2. The fraction of sp³-hybridized carbons (Fsp3) is 0.556. The number of carboxylic acid groups (broad SMARTS) is 2. The second kappa shape index (κ2) is 13.2. The smallest absolute Gasteiger partial charge is 0.414 e. The van der Waals surface area contributed by atoms with Gasteiger partial charge in [0.05, 0.1) is 13.2 Å². The number of hydrogen-bond donors (Lipinski definition) is 3. The van der Waals surface area contributed by atoms with Crippen molar-refractivity contribution in [3.05, 3.63) is 29.8 Å². The number of rotatable bonds is 9. The van der Waals surface area contributed by atoms with Crippen LogP contribution in [0.3, 0.4) is 0 Å². The lowest BCUT2D eigenvalue weighted by atomic mass is 10.0. The van der Waals surface area contributed by atoms with Crippen LogP contribution in [0.5, 0.6) is 5.75 Å². The third-order valence-electron chi connectivity index (χ3n) is 3.03. The number of benzene rings is 1. The first-order chi connectivity index (χ1) is 11.7. The Kier molecular flexibility index (Phi) is 12.1. The summed E-state index contributed by atoms with van der Waals surface area (Å²) < 4.78 is 11.1. The Bertz CT molecular complexity index is 487. The molecule has 0 aliphatic heterocycles. The van der Waals surface area contributed by atoms with E-state index in [4.69, 9.17) is 29.3 Å². The van der Waals surface area contributed by atoms with Crippen molar-refractivity contribution in [3.8, 4) is 5.75 Å². The lowest BCUT2D eigenvalue weighted by molar-refractivity contribution is -0.159. The van der Waals surface area contributed by atoms with Gasteiger partial charge in [-0.3, -0.25) is 0 Å². The van der Waals surface area contributed by atoms with Gasteiger partial charge in [0.25, 0.3) is 0 Å². The number of nitrogens with one attached hydrogen (secondary N) is 1. The van der Waals surface area contributed by atoms with Gasteiger partial charge < -0.3 is 25.0 Å². The van der Waals surface area contributed by atoms with E-state index in [2.05, 4.69) is 45.1 Å². The maximum absolute atomic E-state index is 9.10. The molecule has 0 fully saturated rings. The molecule has 25 heavy (non-hydrogen) atoms. The quantitative estimate of drug-likeness (QED) is 0.461. The fourth-order valence-electron chi connectivity index (χ4n) is 1.69. The van der Waals surface area contributed by atoms with Crippen molar-refractivity contribution in [1.82, 2.24) is 5.32 Å². The van der Waals surface area contributed by atoms with Gasteiger partial charge in [0.15, 0.2) is 0 Å². The first kappa shape index (κ1) is 22.9. The van der Waals surface area contributed by atoms with Gasteiger partial charge in [0.2, 0.25) is 0 Å². The van der Waals surface area contributed by atoms with E-state index in [0.717, 1.165) is 18.9 Å². The number of hydrogen-bond acceptors (Lipinski definition) is 5. The van der Waals surface area contributed by atoms with E-state index < -0.39 is 11.9 Å². The first-order valence-corrected chi connectivity index (χ1v) is 8.24. The van der Waals surface area contributed by atoms with E-state index in [1.807, 2.05) is 12.1 Å². The van der Waals surface area contributed by atoms with Crippen LogP contribution in [0.2, 0.25) is 0 Å². The Labute approximate surface area is 149 Å². The Morgan fingerprint density at radius 3 is 1.96 bits per heavy atom. The molecule has 0 amide bonds. The van der Waals surface area contributed by atoms with E-state index in [1.54, 1.807) is 0 Å². The molecule has 0 spiro atoms. The van der Waals surface area contributed by atoms with Gasteiger partial charge in [-0.2, -0.15) is 0 Å². The van der Waals surface area contributed by atoms with E-state index in [9.17, 15) is 0 Å². The number of carboxylic acids is 2. The maximum Gasteiger partial charge on any atom is 0.414 e. The van der Waals surface area contributed by atoms with Crippen molar-refractivity contribution in [3.63, 3.8) is 0 Å². The Balaban J connectivity index is 0.000000823. The van der Waals surface area contributed by atoms with Crippen LogP contribution < -0.4 is 10.1 Å². The monoisotopic (exact) mass is 355 g/mol. The van der Waals surface area contributed by atoms with Crippen LogP contribution in [-0.2, 0) is 14.3 Å². The van der Waals surface area contributed by atoms with E-state index in [1.165, 1.54) is 5.56 Å². The van der Waals surface area contributed by atoms with Crippen molar-refractivity contribution in [1.29, 1.82) is 0 Å². The molecule has 0 bridgehead atoms. The average Bonchev–Trinajstić information content (AvgIpc) is 2.54. The summed E-state index contributed by atoms with van der Waals surface area (Å²) in [4.78, 5) is 18.2. The Hall–Kier alpha value is -2.12. The van der Waals surface area contributed by atoms with Crippen molar-refractivity contribution in [2.24, 2.45) is 0 Å². The van der Waals surface area contributed by atoms with Crippen LogP contribution in [-0.4, -0.2) is 54.6 Å². The second-order valence-corrected chi connectivity index (χ2v) is 5.90. The molecule has 1 aromatic rings. The zero-order chi connectivity index (χ0) is 19.2. The molecule has 0 heterocycles. The summed E-state index contributed by atoms with van der Waals surface area (Å²) >= 11 is 0. The lowest BCUT2D eigenvalue weighted by Gasteiger charge is -2.10. The molecule has 3 N–H and O–H groups in total. The van der Waals surface area contributed by atoms with Crippen LogP contribution in [0.25, 0.3) is 0 Å². The summed E-state index contributed by atoms with van der Waals surface area (Å²) in [6.45, 7) is 11.5. The zero-order valence-electron chi connectivity index (χ0n) is 15.3. The maximum atomic E-state index is 9.10. The molecule has 0 unspecified atom stereocenters. The van der Waals surface area contributed by atoms with Crippen molar-refractivity contribution >= 4 is 11.9 Å². The average molecular weight is 355 g/mol. The van der Waals surface area contributed by atoms with Crippen LogP contribution in [0.1, 0.15) is 39.2 Å². The molecule has 0 aromatic heterocycles. The highest BCUT2D eigenvalue weighted by Gasteiger charge is 2.04. The third kappa shape index (κ3) is 12.9. The molecule has 0 radical (unpaired) electrons. The number of carbonyl (C=O) groups is 2. The zero-order valence-corrected chi connectivity index (χ0v) is 15.3. The summed E-state index contributed by atoms with van der Waals surface area (Å²) in [6.07, 6.45) is 0. The normalized spacial score (nSPS) is 10.3. The lowest BCUT2D eigenvalue weighted by Crippen LogP contribution is -2.27. The predicted molar refractivity (Wildman–Crippen MR) is 95.3 cm³/mol. The largest absolute Gasteiger partial charge is 0.491 e. The standard InChI is InChI=1S/C16H27NO2.C2H2O4/c1-13(2)15-5-7-16(8-6-15)19-12-11-18-10-9-17-14(3)4;3-1(4)2(5)6/h5-8,13-14,17H,9-12H2,1-4H3;(H,3,4)(H,5,6). The predicted octanol–water partition coefficient (Wildman–Crippen LogP) is 2.36. The van der Waals surface area contributed by atoms with Crippen molar-refractivity contribution in [2.45, 2.75) is 39.7 Å². The summed E-state index contributed by atoms with van der Waals surface area (Å²) in [5, 5.41) is 18.1. The molecular weight excluding hydrogens is 326 g/mol. The summed E-state index contributed by atoms with van der Waals surface area (Å²) in [7, 11) is 0. The van der Waals surface area contributed by atoms with E-state index in [-0.39, 0.29) is 0 Å². The molecule has 1 aromatic carbocycles. The van der Waals surface area contributed by atoms with Gasteiger partial charge in [-0.05, 0) is 23.6 Å². The highest BCUT2D eigenvalue weighted by Crippen LogP contribution is 2.18. The van der Waals surface area contributed by atoms with Gasteiger partial charge in [0, 0.05) is 12.6 Å². The van der Waals surface area contributed by atoms with Crippen molar-refractivity contribution in [2.75, 3.05) is 26.4 Å². The minimum atomic E-state index is -1.82.